The number of rotatable bonds is 4. The number of nitrogen functional groups attached to an aromatic ring is 1. The molecule has 0 bridgehead atoms. The Morgan fingerprint density at radius 3 is 2.81 bits per heavy atom. The first kappa shape index (κ1) is 20.6. The number of imidazole rings is 1. The van der Waals surface area contributed by atoms with Crippen LogP contribution >= 0.6 is 11.6 Å². The van der Waals surface area contributed by atoms with Crippen LogP contribution in [-0.2, 0) is 6.18 Å². The lowest BCUT2D eigenvalue weighted by atomic mass is 10.2. The second kappa shape index (κ2) is 7.54. The molecule has 0 saturated heterocycles. The smallest absolute Gasteiger partial charge is 0.382 e. The Morgan fingerprint density at radius 2 is 2.06 bits per heavy atom. The van der Waals surface area contributed by atoms with Crippen molar-refractivity contribution in [3.8, 4) is 11.6 Å². The third-order valence-corrected chi connectivity index (χ3v) is 4.77. The summed E-state index contributed by atoms with van der Waals surface area (Å²) in [6.45, 7) is 1.65. The molecule has 31 heavy (non-hydrogen) atoms. The number of anilines is 1. The highest BCUT2D eigenvalue weighted by atomic mass is 35.5. The molecule has 0 spiro atoms. The van der Waals surface area contributed by atoms with E-state index in [0.717, 1.165) is 18.5 Å². The van der Waals surface area contributed by atoms with Gasteiger partial charge in [-0.2, -0.15) is 13.2 Å². The summed E-state index contributed by atoms with van der Waals surface area (Å²) in [4.78, 5) is 26.9. The van der Waals surface area contributed by atoms with Gasteiger partial charge in [-0.15, -0.1) is 0 Å². The van der Waals surface area contributed by atoms with Gasteiger partial charge in [-0.1, -0.05) is 16.8 Å². The first-order valence-electron chi connectivity index (χ1n) is 8.74. The minimum Gasteiger partial charge on any atom is -0.382 e. The van der Waals surface area contributed by atoms with Crippen LogP contribution < -0.4 is 11.1 Å². The highest BCUT2D eigenvalue weighted by Gasteiger charge is 2.31. The predicted molar refractivity (Wildman–Crippen MR) is 104 cm³/mol. The largest absolute Gasteiger partial charge is 0.416 e. The van der Waals surface area contributed by atoms with E-state index in [1.807, 2.05) is 0 Å². The summed E-state index contributed by atoms with van der Waals surface area (Å²) in [5.74, 6) is -0.250. The average Bonchev–Trinajstić information content (AvgIpc) is 3.35. The van der Waals surface area contributed by atoms with Crippen molar-refractivity contribution >= 4 is 34.4 Å². The number of hydrogen-bond acceptors (Lipinski definition) is 7. The number of amides is 1. The molecule has 0 aliphatic rings. The van der Waals surface area contributed by atoms with Gasteiger partial charge in [0.2, 0.25) is 5.76 Å². The number of aromatic nitrogens is 5. The Balaban J connectivity index is 1.55. The molecule has 0 saturated carbocycles. The zero-order chi connectivity index (χ0) is 22.3. The molecule has 0 radical (unpaired) electrons. The Labute approximate surface area is 176 Å². The van der Waals surface area contributed by atoms with E-state index >= 15 is 0 Å². The van der Waals surface area contributed by atoms with Gasteiger partial charge < -0.3 is 20.6 Å². The van der Waals surface area contributed by atoms with E-state index in [-0.39, 0.29) is 33.6 Å². The van der Waals surface area contributed by atoms with E-state index in [1.54, 1.807) is 6.92 Å². The maximum Gasteiger partial charge on any atom is 0.416 e. The molecule has 4 rings (SSSR count). The lowest BCUT2D eigenvalue weighted by Gasteiger charge is -2.11. The number of carbonyl (C=O) groups is 1. The number of fused-ring (bicyclic) bond motifs is 1. The summed E-state index contributed by atoms with van der Waals surface area (Å²) in [6.07, 6.45) is -3.36. The molecule has 1 atom stereocenters. The van der Waals surface area contributed by atoms with Crippen LogP contribution in [0.3, 0.4) is 0 Å². The van der Waals surface area contributed by atoms with Crippen molar-refractivity contribution in [1.29, 1.82) is 0 Å². The Kier molecular flexibility index (Phi) is 5.01. The van der Waals surface area contributed by atoms with Crippen LogP contribution in [0.4, 0.5) is 19.0 Å². The molecular weight excluding hydrogens is 439 g/mol. The topological polar surface area (TPSA) is 136 Å². The summed E-state index contributed by atoms with van der Waals surface area (Å²) >= 11 is 5.95. The van der Waals surface area contributed by atoms with Gasteiger partial charge in [0.25, 0.3) is 5.91 Å². The predicted octanol–water partition coefficient (Wildman–Crippen LogP) is 3.75. The number of nitrogens with one attached hydrogen (secondary N) is 2. The number of H-pyrrole nitrogens is 1. The zero-order valence-electron chi connectivity index (χ0n) is 15.7. The first-order valence-corrected chi connectivity index (χ1v) is 9.12. The van der Waals surface area contributed by atoms with E-state index in [0.29, 0.717) is 11.2 Å². The quantitative estimate of drug-likeness (QED) is 0.430. The minimum absolute atomic E-state index is 0.0308. The van der Waals surface area contributed by atoms with Gasteiger partial charge in [-0.3, -0.25) is 4.79 Å². The van der Waals surface area contributed by atoms with Crippen LogP contribution in [0.5, 0.6) is 0 Å². The molecule has 1 amide bonds. The number of nitrogens with zero attached hydrogens (tertiary/aromatic N) is 4. The van der Waals surface area contributed by atoms with E-state index in [1.165, 1.54) is 12.1 Å². The molecule has 0 aliphatic heterocycles. The normalized spacial score (nSPS) is 12.8. The maximum atomic E-state index is 12.9. The number of aromatic amines is 1. The Hall–Kier alpha value is -3.67. The van der Waals surface area contributed by atoms with Crippen LogP contribution in [-0.4, -0.2) is 31.0 Å². The molecular formula is C18H13ClF3N7O2. The standard InChI is InChI=1S/C18H13ClF3N7O2/c1-7(26-17(30)14-13(19)15(23)25-6-24-14)10-5-12(31-29-10)16-27-9-3-2-8(18(20,21)22)4-11(9)28-16/h2-7H,1H3,(H,26,30)(H,27,28)(H2,23,24,25)/t7-/m0/s1. The summed E-state index contributed by atoms with van der Waals surface area (Å²) in [6, 6.07) is 4.06. The average molecular weight is 452 g/mol. The monoisotopic (exact) mass is 451 g/mol. The molecule has 0 unspecified atom stereocenters. The summed E-state index contributed by atoms with van der Waals surface area (Å²) in [5, 5.41) is 6.46. The third kappa shape index (κ3) is 4.01. The second-order valence-corrected chi connectivity index (χ2v) is 6.93. The summed E-state index contributed by atoms with van der Waals surface area (Å²) in [5.41, 5.74) is 5.55. The second-order valence-electron chi connectivity index (χ2n) is 6.55. The summed E-state index contributed by atoms with van der Waals surface area (Å²) in [7, 11) is 0. The van der Waals surface area contributed by atoms with Crippen molar-refractivity contribution in [3.63, 3.8) is 0 Å². The summed E-state index contributed by atoms with van der Waals surface area (Å²) < 4.78 is 43.9. The van der Waals surface area contributed by atoms with Crippen LogP contribution in [0.25, 0.3) is 22.6 Å². The fraction of sp³-hybridized carbons (Fsp3) is 0.167. The highest BCUT2D eigenvalue weighted by molar-refractivity contribution is 6.35. The Bertz CT molecular complexity index is 1280. The lowest BCUT2D eigenvalue weighted by Crippen LogP contribution is -2.28. The molecule has 160 valence electrons. The van der Waals surface area contributed by atoms with Crippen molar-refractivity contribution in [3.05, 3.63) is 52.6 Å². The van der Waals surface area contributed by atoms with Crippen molar-refractivity contribution in [2.24, 2.45) is 0 Å². The van der Waals surface area contributed by atoms with Gasteiger partial charge in [0.1, 0.15) is 22.9 Å². The van der Waals surface area contributed by atoms with Crippen molar-refractivity contribution in [1.82, 2.24) is 30.4 Å². The maximum absolute atomic E-state index is 12.9. The number of hydrogen-bond donors (Lipinski definition) is 3. The fourth-order valence-corrected chi connectivity index (χ4v) is 2.97. The van der Waals surface area contributed by atoms with E-state index in [9.17, 15) is 18.0 Å². The Morgan fingerprint density at radius 1 is 1.29 bits per heavy atom. The lowest BCUT2D eigenvalue weighted by molar-refractivity contribution is -0.137. The highest BCUT2D eigenvalue weighted by Crippen LogP contribution is 2.32. The molecule has 9 nitrogen and oxygen atoms in total. The van der Waals surface area contributed by atoms with Crippen LogP contribution in [0.1, 0.15) is 34.7 Å². The third-order valence-electron chi connectivity index (χ3n) is 4.39. The van der Waals surface area contributed by atoms with Gasteiger partial charge in [-0.25, -0.2) is 15.0 Å². The van der Waals surface area contributed by atoms with Crippen LogP contribution in [0, 0.1) is 0 Å². The zero-order valence-corrected chi connectivity index (χ0v) is 16.4. The molecule has 3 heterocycles. The van der Waals surface area contributed by atoms with Gasteiger partial charge in [-0.05, 0) is 25.1 Å². The minimum atomic E-state index is -4.47. The van der Waals surface area contributed by atoms with Gasteiger partial charge in [0, 0.05) is 6.07 Å². The fourth-order valence-electron chi connectivity index (χ4n) is 2.79. The molecule has 13 heteroatoms. The van der Waals surface area contributed by atoms with Gasteiger partial charge in [0.15, 0.2) is 11.5 Å². The molecule has 0 fully saturated rings. The van der Waals surface area contributed by atoms with Gasteiger partial charge in [0.05, 0.1) is 22.6 Å². The number of alkyl halides is 3. The van der Waals surface area contributed by atoms with E-state index in [4.69, 9.17) is 21.9 Å². The number of carbonyl (C=O) groups excluding carboxylic acids is 1. The van der Waals surface area contributed by atoms with Crippen molar-refractivity contribution < 1.29 is 22.5 Å². The van der Waals surface area contributed by atoms with E-state index < -0.39 is 23.7 Å². The van der Waals surface area contributed by atoms with Crippen molar-refractivity contribution in [2.45, 2.75) is 19.1 Å². The van der Waals surface area contributed by atoms with Crippen LogP contribution in [0.15, 0.2) is 35.1 Å². The van der Waals surface area contributed by atoms with Gasteiger partial charge >= 0.3 is 6.18 Å². The molecule has 4 aromatic rings. The van der Waals surface area contributed by atoms with E-state index in [2.05, 4.69) is 30.4 Å². The number of benzene rings is 1. The molecule has 1 aromatic carbocycles. The van der Waals surface area contributed by atoms with Crippen molar-refractivity contribution in [2.75, 3.05) is 5.73 Å². The number of nitrogens with two attached hydrogens (primary N) is 1. The molecule has 3 aromatic heterocycles. The number of halogens is 4. The molecule has 0 aliphatic carbocycles. The first-order chi connectivity index (χ1) is 14.6. The molecule has 4 N–H and O–H groups in total. The van der Waals surface area contributed by atoms with Crippen LogP contribution in [0.2, 0.25) is 5.02 Å². The SMILES string of the molecule is C[C@H](NC(=O)c1ncnc(N)c1Cl)c1cc(-c2nc3ccc(C(F)(F)F)cc3[nH]2)on1.